The zero-order chi connectivity index (χ0) is 13.0. The summed E-state index contributed by atoms with van der Waals surface area (Å²) in [5, 5.41) is 0. The van der Waals surface area contributed by atoms with E-state index in [0.717, 1.165) is 32.0 Å². The van der Waals surface area contributed by atoms with Gasteiger partial charge in [-0.2, -0.15) is 0 Å². The smallest absolute Gasteiger partial charge is 0.123 e. The Kier molecular flexibility index (Phi) is 4.72. The highest BCUT2D eigenvalue weighted by molar-refractivity contribution is 5.19. The van der Waals surface area contributed by atoms with E-state index in [0.29, 0.717) is 6.04 Å². The second-order valence-corrected chi connectivity index (χ2v) is 5.28. The molecule has 1 unspecified atom stereocenters. The first-order chi connectivity index (χ1) is 8.70. The van der Waals surface area contributed by atoms with E-state index in [1.165, 1.54) is 18.4 Å². The monoisotopic (exact) mass is 250 g/mol. The Morgan fingerprint density at radius 2 is 1.89 bits per heavy atom. The van der Waals surface area contributed by atoms with Crippen LogP contribution in [-0.4, -0.2) is 24.5 Å². The summed E-state index contributed by atoms with van der Waals surface area (Å²) in [6.07, 6.45) is 3.63. The maximum atomic E-state index is 12.9. The zero-order valence-corrected chi connectivity index (χ0v) is 11.1. The predicted octanol–water partition coefficient (Wildman–Crippen LogP) is 2.95. The van der Waals surface area contributed by atoms with Crippen molar-refractivity contribution in [1.82, 2.24) is 4.90 Å². The van der Waals surface area contributed by atoms with Crippen LogP contribution in [0.3, 0.4) is 0 Å². The first kappa shape index (κ1) is 13.5. The SMILES string of the molecule is CC(c1ccc(F)cc1)N1CCC(CCN)CC1. The van der Waals surface area contributed by atoms with Crippen molar-refractivity contribution < 1.29 is 4.39 Å². The molecule has 1 aromatic rings. The van der Waals surface area contributed by atoms with Crippen LogP contribution >= 0.6 is 0 Å². The van der Waals surface area contributed by atoms with Crippen LogP contribution in [0, 0.1) is 11.7 Å². The Bertz CT molecular complexity index is 355. The Balaban J connectivity index is 1.91. The highest BCUT2D eigenvalue weighted by atomic mass is 19.1. The summed E-state index contributed by atoms with van der Waals surface area (Å²) in [6, 6.07) is 7.27. The number of piperidine rings is 1. The van der Waals surface area contributed by atoms with E-state index in [1.807, 2.05) is 12.1 Å². The fraction of sp³-hybridized carbons (Fsp3) is 0.600. The molecular formula is C15H23FN2. The number of likely N-dealkylation sites (tertiary alicyclic amines) is 1. The number of hydrogen-bond acceptors (Lipinski definition) is 2. The van der Waals surface area contributed by atoms with E-state index in [2.05, 4.69) is 11.8 Å². The van der Waals surface area contributed by atoms with Crippen LogP contribution in [0.4, 0.5) is 4.39 Å². The molecule has 1 aromatic carbocycles. The van der Waals surface area contributed by atoms with Crippen LogP contribution in [0.2, 0.25) is 0 Å². The van der Waals surface area contributed by atoms with Crippen molar-refractivity contribution in [2.45, 2.75) is 32.2 Å². The molecular weight excluding hydrogens is 227 g/mol. The minimum Gasteiger partial charge on any atom is -0.330 e. The van der Waals surface area contributed by atoms with Crippen LogP contribution in [0.15, 0.2) is 24.3 Å². The molecule has 1 aliphatic heterocycles. The van der Waals surface area contributed by atoms with Gasteiger partial charge in [-0.05, 0) is 69.4 Å². The molecule has 0 aliphatic carbocycles. The molecule has 0 aromatic heterocycles. The van der Waals surface area contributed by atoms with Gasteiger partial charge in [-0.1, -0.05) is 12.1 Å². The number of halogens is 1. The molecule has 2 nitrogen and oxygen atoms in total. The third-order valence-electron chi connectivity index (χ3n) is 4.12. The van der Waals surface area contributed by atoms with E-state index < -0.39 is 0 Å². The lowest BCUT2D eigenvalue weighted by Gasteiger charge is -2.36. The molecule has 1 saturated heterocycles. The Morgan fingerprint density at radius 1 is 1.28 bits per heavy atom. The molecule has 0 amide bonds. The van der Waals surface area contributed by atoms with Crippen molar-refractivity contribution in [2.24, 2.45) is 11.7 Å². The highest BCUT2D eigenvalue weighted by Gasteiger charge is 2.22. The molecule has 1 heterocycles. The summed E-state index contributed by atoms with van der Waals surface area (Å²) >= 11 is 0. The third-order valence-corrected chi connectivity index (χ3v) is 4.12. The number of nitrogens with two attached hydrogens (primary N) is 1. The van der Waals surface area contributed by atoms with Gasteiger partial charge < -0.3 is 5.73 Å². The topological polar surface area (TPSA) is 29.3 Å². The zero-order valence-electron chi connectivity index (χ0n) is 11.1. The third kappa shape index (κ3) is 3.30. The summed E-state index contributed by atoms with van der Waals surface area (Å²) in [7, 11) is 0. The van der Waals surface area contributed by atoms with Crippen LogP contribution < -0.4 is 5.73 Å². The number of rotatable bonds is 4. The molecule has 1 fully saturated rings. The second kappa shape index (κ2) is 6.30. The molecule has 2 rings (SSSR count). The van der Waals surface area contributed by atoms with E-state index >= 15 is 0 Å². The van der Waals surface area contributed by atoms with E-state index in [4.69, 9.17) is 5.73 Å². The van der Waals surface area contributed by atoms with Crippen molar-refractivity contribution >= 4 is 0 Å². The van der Waals surface area contributed by atoms with Gasteiger partial charge in [0.2, 0.25) is 0 Å². The number of nitrogens with zero attached hydrogens (tertiary/aromatic N) is 1. The van der Waals surface area contributed by atoms with Gasteiger partial charge in [0.05, 0.1) is 0 Å². The van der Waals surface area contributed by atoms with Crippen molar-refractivity contribution in [3.8, 4) is 0 Å². The molecule has 2 N–H and O–H groups in total. The van der Waals surface area contributed by atoms with Crippen LogP contribution in [0.25, 0.3) is 0 Å². The van der Waals surface area contributed by atoms with Gasteiger partial charge in [-0.15, -0.1) is 0 Å². The average Bonchev–Trinajstić information content (AvgIpc) is 2.40. The Hall–Kier alpha value is -0.930. The molecule has 100 valence electrons. The fourth-order valence-corrected chi connectivity index (χ4v) is 2.82. The molecule has 0 bridgehead atoms. The Labute approximate surface area is 109 Å². The van der Waals surface area contributed by atoms with Crippen molar-refractivity contribution in [1.29, 1.82) is 0 Å². The summed E-state index contributed by atoms with van der Waals surface area (Å²) in [4.78, 5) is 2.49. The summed E-state index contributed by atoms with van der Waals surface area (Å²) < 4.78 is 12.9. The summed E-state index contributed by atoms with van der Waals surface area (Å²) in [5.74, 6) is 0.638. The van der Waals surface area contributed by atoms with Gasteiger partial charge >= 0.3 is 0 Å². The van der Waals surface area contributed by atoms with E-state index in [1.54, 1.807) is 12.1 Å². The van der Waals surface area contributed by atoms with Gasteiger partial charge in [0.1, 0.15) is 5.82 Å². The van der Waals surface area contributed by atoms with Crippen molar-refractivity contribution in [3.63, 3.8) is 0 Å². The summed E-state index contributed by atoms with van der Waals surface area (Å²) in [6.45, 7) is 5.26. The molecule has 3 heteroatoms. The van der Waals surface area contributed by atoms with Crippen molar-refractivity contribution in [2.75, 3.05) is 19.6 Å². The molecule has 1 atom stereocenters. The standard InChI is InChI=1S/C15H23FN2/c1-12(14-2-4-15(16)5-3-14)18-10-7-13(6-9-17)8-11-18/h2-5,12-13H,6-11,17H2,1H3. The van der Waals surface area contributed by atoms with Gasteiger partial charge in [-0.25, -0.2) is 4.39 Å². The maximum absolute atomic E-state index is 12.9. The maximum Gasteiger partial charge on any atom is 0.123 e. The minimum absolute atomic E-state index is 0.160. The van der Waals surface area contributed by atoms with Crippen molar-refractivity contribution in [3.05, 3.63) is 35.6 Å². The van der Waals surface area contributed by atoms with Crippen LogP contribution in [0.5, 0.6) is 0 Å². The molecule has 0 saturated carbocycles. The quantitative estimate of drug-likeness (QED) is 0.890. The van der Waals surface area contributed by atoms with E-state index in [-0.39, 0.29) is 5.82 Å². The normalized spacial score (nSPS) is 19.9. The second-order valence-electron chi connectivity index (χ2n) is 5.28. The first-order valence-electron chi connectivity index (χ1n) is 6.90. The summed E-state index contributed by atoms with van der Waals surface area (Å²) in [5.41, 5.74) is 6.81. The van der Waals surface area contributed by atoms with Gasteiger partial charge in [0.15, 0.2) is 0 Å². The average molecular weight is 250 g/mol. The predicted molar refractivity (Wildman–Crippen MR) is 72.8 cm³/mol. The molecule has 0 spiro atoms. The largest absolute Gasteiger partial charge is 0.330 e. The van der Waals surface area contributed by atoms with Crippen LogP contribution in [0.1, 0.15) is 37.8 Å². The Morgan fingerprint density at radius 3 is 2.44 bits per heavy atom. The van der Waals surface area contributed by atoms with Crippen LogP contribution in [-0.2, 0) is 0 Å². The lowest BCUT2D eigenvalue weighted by atomic mass is 9.92. The fourth-order valence-electron chi connectivity index (χ4n) is 2.82. The number of benzene rings is 1. The molecule has 18 heavy (non-hydrogen) atoms. The van der Waals surface area contributed by atoms with Gasteiger partial charge in [0, 0.05) is 6.04 Å². The van der Waals surface area contributed by atoms with Gasteiger partial charge in [0.25, 0.3) is 0 Å². The van der Waals surface area contributed by atoms with Gasteiger partial charge in [-0.3, -0.25) is 4.90 Å². The first-order valence-corrected chi connectivity index (χ1v) is 6.90. The minimum atomic E-state index is -0.160. The lowest BCUT2D eigenvalue weighted by molar-refractivity contribution is 0.138. The van der Waals surface area contributed by atoms with E-state index in [9.17, 15) is 4.39 Å². The molecule has 1 aliphatic rings. The number of hydrogen-bond donors (Lipinski definition) is 1. The molecule has 0 radical (unpaired) electrons. The lowest BCUT2D eigenvalue weighted by Crippen LogP contribution is -2.36. The highest BCUT2D eigenvalue weighted by Crippen LogP contribution is 2.27.